The summed E-state index contributed by atoms with van der Waals surface area (Å²) in [5.74, 6) is -0.741. The molecule has 0 aliphatic heterocycles. The maximum atomic E-state index is 12.2. The van der Waals surface area contributed by atoms with E-state index in [9.17, 15) is 9.59 Å². The number of amides is 2. The van der Waals surface area contributed by atoms with Gasteiger partial charge < -0.3 is 4.98 Å². The van der Waals surface area contributed by atoms with Gasteiger partial charge in [0.05, 0.1) is 4.88 Å². The summed E-state index contributed by atoms with van der Waals surface area (Å²) in [6.07, 6.45) is 0.883. The predicted molar refractivity (Wildman–Crippen MR) is 96.7 cm³/mol. The highest BCUT2D eigenvalue weighted by molar-refractivity contribution is 7.14. The van der Waals surface area contributed by atoms with E-state index in [1.165, 1.54) is 16.2 Å². The van der Waals surface area contributed by atoms with Crippen LogP contribution in [0.2, 0.25) is 5.02 Å². The molecule has 3 aromatic rings. The van der Waals surface area contributed by atoms with Gasteiger partial charge in [0.2, 0.25) is 0 Å². The Bertz CT molecular complexity index is 929. The van der Waals surface area contributed by atoms with Crippen LogP contribution in [0.4, 0.5) is 0 Å². The summed E-state index contributed by atoms with van der Waals surface area (Å²) in [6.45, 7) is 4.02. The third-order valence-electron chi connectivity index (χ3n) is 3.68. The molecule has 2 aromatic heterocycles. The van der Waals surface area contributed by atoms with Crippen LogP contribution in [-0.4, -0.2) is 16.8 Å². The smallest absolute Gasteiger partial charge is 0.286 e. The first-order valence-electron chi connectivity index (χ1n) is 7.46. The number of hydrazine groups is 1. The molecule has 0 saturated carbocycles. The molecule has 0 saturated heterocycles. The zero-order chi connectivity index (χ0) is 17.3. The van der Waals surface area contributed by atoms with Gasteiger partial charge in [-0.15, -0.1) is 11.3 Å². The van der Waals surface area contributed by atoms with E-state index in [4.69, 9.17) is 11.6 Å². The second-order valence-corrected chi connectivity index (χ2v) is 6.97. The van der Waals surface area contributed by atoms with Crippen molar-refractivity contribution in [2.24, 2.45) is 0 Å². The third kappa shape index (κ3) is 3.29. The lowest BCUT2D eigenvalue weighted by atomic mass is 10.2. The molecule has 0 spiro atoms. The van der Waals surface area contributed by atoms with Gasteiger partial charge in [0.15, 0.2) is 0 Å². The van der Waals surface area contributed by atoms with Crippen molar-refractivity contribution in [1.82, 2.24) is 15.8 Å². The normalized spacial score (nSPS) is 10.8. The van der Waals surface area contributed by atoms with Crippen molar-refractivity contribution in [1.29, 1.82) is 0 Å². The van der Waals surface area contributed by atoms with E-state index < -0.39 is 5.91 Å². The number of fused-ring (bicyclic) bond motifs is 1. The molecule has 0 bridgehead atoms. The lowest BCUT2D eigenvalue weighted by molar-refractivity contribution is 0.0846. The Balaban J connectivity index is 1.68. The highest BCUT2D eigenvalue weighted by atomic mass is 35.5. The Labute approximate surface area is 148 Å². The standard InChI is InChI=1S/C17H16ClN3O2S/c1-3-14-9(2)6-15(24-14)17(23)21-20-16(22)13-8-10-7-11(18)4-5-12(10)19-13/h4-8,19H,3H2,1-2H3,(H,20,22)(H,21,23). The topological polar surface area (TPSA) is 74.0 Å². The Morgan fingerprint density at radius 3 is 2.62 bits per heavy atom. The van der Waals surface area contributed by atoms with Crippen LogP contribution in [0, 0.1) is 6.92 Å². The summed E-state index contributed by atoms with van der Waals surface area (Å²) in [6, 6.07) is 8.83. The molecule has 2 amide bonds. The summed E-state index contributed by atoms with van der Waals surface area (Å²) >= 11 is 7.37. The van der Waals surface area contributed by atoms with Gasteiger partial charge in [-0.2, -0.15) is 0 Å². The number of benzene rings is 1. The number of nitrogens with one attached hydrogen (secondary N) is 3. The van der Waals surface area contributed by atoms with Crippen molar-refractivity contribution in [2.75, 3.05) is 0 Å². The van der Waals surface area contributed by atoms with Crippen LogP contribution in [0.25, 0.3) is 10.9 Å². The van der Waals surface area contributed by atoms with Gasteiger partial charge in [-0.05, 0) is 49.2 Å². The van der Waals surface area contributed by atoms with E-state index in [1.54, 1.807) is 24.3 Å². The average Bonchev–Trinajstić information content (AvgIpc) is 3.15. The van der Waals surface area contributed by atoms with Crippen molar-refractivity contribution < 1.29 is 9.59 Å². The summed E-state index contributed by atoms with van der Waals surface area (Å²) in [5, 5.41) is 1.43. The molecule has 5 nitrogen and oxygen atoms in total. The minimum Gasteiger partial charge on any atom is -0.350 e. The summed E-state index contributed by atoms with van der Waals surface area (Å²) in [7, 11) is 0. The number of carbonyl (C=O) groups excluding carboxylic acids is 2. The number of aromatic nitrogens is 1. The molecule has 3 N–H and O–H groups in total. The molecule has 3 rings (SSSR count). The molecule has 124 valence electrons. The quantitative estimate of drug-likeness (QED) is 0.620. The van der Waals surface area contributed by atoms with Crippen LogP contribution >= 0.6 is 22.9 Å². The average molecular weight is 362 g/mol. The fraction of sp³-hybridized carbons (Fsp3) is 0.176. The maximum Gasteiger partial charge on any atom is 0.286 e. The summed E-state index contributed by atoms with van der Waals surface area (Å²) in [5.41, 5.74) is 7.11. The highest BCUT2D eigenvalue weighted by Gasteiger charge is 2.14. The Hall–Kier alpha value is -2.31. The zero-order valence-electron chi connectivity index (χ0n) is 13.2. The van der Waals surface area contributed by atoms with Crippen molar-refractivity contribution in [3.05, 3.63) is 56.4 Å². The lowest BCUT2D eigenvalue weighted by Gasteiger charge is -2.04. The molecule has 2 heterocycles. The Kier molecular flexibility index (Phi) is 4.59. The molecule has 24 heavy (non-hydrogen) atoms. The van der Waals surface area contributed by atoms with Gasteiger partial charge in [0.25, 0.3) is 11.8 Å². The largest absolute Gasteiger partial charge is 0.350 e. The van der Waals surface area contributed by atoms with E-state index in [0.717, 1.165) is 22.9 Å². The third-order valence-corrected chi connectivity index (χ3v) is 5.30. The van der Waals surface area contributed by atoms with E-state index in [0.29, 0.717) is 15.6 Å². The van der Waals surface area contributed by atoms with Crippen LogP contribution in [0.3, 0.4) is 0 Å². The number of aryl methyl sites for hydroxylation is 2. The van der Waals surface area contributed by atoms with E-state index in [1.807, 2.05) is 19.9 Å². The number of halogens is 1. The molecule has 0 aliphatic rings. The second-order valence-electron chi connectivity index (χ2n) is 5.39. The zero-order valence-corrected chi connectivity index (χ0v) is 14.8. The van der Waals surface area contributed by atoms with Gasteiger partial charge in [0, 0.05) is 20.8 Å². The first-order chi connectivity index (χ1) is 11.5. The Morgan fingerprint density at radius 1 is 1.17 bits per heavy atom. The molecular weight excluding hydrogens is 346 g/mol. The maximum absolute atomic E-state index is 12.2. The lowest BCUT2D eigenvalue weighted by Crippen LogP contribution is -2.41. The number of carbonyl (C=O) groups is 2. The first-order valence-corrected chi connectivity index (χ1v) is 8.65. The molecule has 0 aliphatic carbocycles. The number of rotatable bonds is 3. The van der Waals surface area contributed by atoms with Gasteiger partial charge in [-0.1, -0.05) is 18.5 Å². The van der Waals surface area contributed by atoms with Gasteiger partial charge in [0.1, 0.15) is 5.69 Å². The minimum atomic E-state index is -0.417. The SMILES string of the molecule is CCc1sc(C(=O)NNC(=O)c2cc3cc(Cl)ccc3[nH]2)cc1C. The van der Waals surface area contributed by atoms with Crippen LogP contribution in [0.1, 0.15) is 37.5 Å². The highest BCUT2D eigenvalue weighted by Crippen LogP contribution is 2.22. The number of hydrogen-bond donors (Lipinski definition) is 3. The van der Waals surface area contributed by atoms with Crippen LogP contribution in [-0.2, 0) is 6.42 Å². The molecule has 0 radical (unpaired) electrons. The summed E-state index contributed by atoms with van der Waals surface area (Å²) < 4.78 is 0. The minimum absolute atomic E-state index is 0.324. The van der Waals surface area contributed by atoms with Crippen LogP contribution in [0.15, 0.2) is 30.3 Å². The fourth-order valence-corrected chi connectivity index (χ4v) is 3.64. The molecule has 0 fully saturated rings. The second kappa shape index (κ2) is 6.67. The van der Waals surface area contributed by atoms with Crippen LogP contribution < -0.4 is 10.9 Å². The molecule has 7 heteroatoms. The molecular formula is C17H16ClN3O2S. The first kappa shape index (κ1) is 16.5. The fourth-order valence-electron chi connectivity index (χ4n) is 2.45. The summed E-state index contributed by atoms with van der Waals surface area (Å²) in [4.78, 5) is 29.0. The van der Waals surface area contributed by atoms with Crippen molar-refractivity contribution in [3.8, 4) is 0 Å². The van der Waals surface area contributed by atoms with E-state index >= 15 is 0 Å². The molecule has 0 unspecified atom stereocenters. The molecule has 0 atom stereocenters. The Morgan fingerprint density at radius 2 is 1.92 bits per heavy atom. The number of H-pyrrole nitrogens is 1. The van der Waals surface area contributed by atoms with Crippen molar-refractivity contribution in [3.63, 3.8) is 0 Å². The number of aromatic amines is 1. The van der Waals surface area contributed by atoms with Crippen molar-refractivity contribution >= 4 is 45.7 Å². The van der Waals surface area contributed by atoms with Crippen molar-refractivity contribution in [2.45, 2.75) is 20.3 Å². The van der Waals surface area contributed by atoms with Gasteiger partial charge >= 0.3 is 0 Å². The number of hydrogen-bond acceptors (Lipinski definition) is 3. The van der Waals surface area contributed by atoms with Gasteiger partial charge in [-0.3, -0.25) is 20.4 Å². The predicted octanol–water partition coefficient (Wildman–Crippen LogP) is 3.83. The van der Waals surface area contributed by atoms with E-state index in [-0.39, 0.29) is 5.91 Å². The monoisotopic (exact) mass is 361 g/mol. The molecule has 1 aromatic carbocycles. The van der Waals surface area contributed by atoms with Crippen LogP contribution in [0.5, 0.6) is 0 Å². The number of thiophene rings is 1. The van der Waals surface area contributed by atoms with E-state index in [2.05, 4.69) is 15.8 Å². The van der Waals surface area contributed by atoms with Gasteiger partial charge in [-0.25, -0.2) is 0 Å².